The number of halogens is 2. The van der Waals surface area contributed by atoms with E-state index in [1.165, 1.54) is 23.9 Å². The molecule has 41 heavy (non-hydrogen) atoms. The predicted octanol–water partition coefficient (Wildman–Crippen LogP) is 5.97. The fourth-order valence-electron chi connectivity index (χ4n) is 3.51. The molecule has 0 fully saturated rings. The molecule has 0 aliphatic heterocycles. The summed E-state index contributed by atoms with van der Waals surface area (Å²) in [6.07, 6.45) is -0.610. The van der Waals surface area contributed by atoms with Gasteiger partial charge in [0.25, 0.3) is 0 Å². The maximum absolute atomic E-state index is 13.4. The second-order valence-corrected chi connectivity index (χ2v) is 12.8. The van der Waals surface area contributed by atoms with Gasteiger partial charge in [-0.2, -0.15) is 0 Å². The fraction of sp³-hybridized carbons (Fsp3) is 0.433. The van der Waals surface area contributed by atoms with Crippen LogP contribution in [0.4, 0.5) is 0 Å². The molecule has 2 aromatic rings. The van der Waals surface area contributed by atoms with Crippen molar-refractivity contribution in [3.05, 3.63) is 69.7 Å². The molecule has 11 heteroatoms. The molecule has 1 unspecified atom stereocenters. The van der Waals surface area contributed by atoms with Crippen LogP contribution in [0.5, 0.6) is 0 Å². The van der Waals surface area contributed by atoms with Crippen LogP contribution in [-0.2, 0) is 23.9 Å². The van der Waals surface area contributed by atoms with Gasteiger partial charge in [-0.3, -0.25) is 19.2 Å². The zero-order chi connectivity index (χ0) is 30.7. The van der Waals surface area contributed by atoms with Crippen molar-refractivity contribution in [2.24, 2.45) is 5.92 Å². The van der Waals surface area contributed by atoms with Crippen LogP contribution in [0.2, 0.25) is 10.0 Å². The number of nitrogens with one attached hydrogen (secondary N) is 1. The van der Waals surface area contributed by atoms with Gasteiger partial charge in [0.05, 0.1) is 27.3 Å². The average Bonchev–Trinajstić information content (AvgIpc) is 2.88. The molecular formula is C30H35Cl2NO7S. The topological polar surface area (TPSA) is 116 Å². The summed E-state index contributed by atoms with van der Waals surface area (Å²) in [6, 6.07) is 11.7. The molecule has 0 spiro atoms. The molecule has 1 amide bonds. The highest BCUT2D eigenvalue weighted by atomic mass is 35.5. The maximum atomic E-state index is 13.4. The number of ketones is 2. The largest absolute Gasteiger partial charge is 0.460 e. The molecule has 2 aromatic carbocycles. The van der Waals surface area contributed by atoms with Crippen LogP contribution in [0.15, 0.2) is 48.5 Å². The molecule has 0 bridgehead atoms. The van der Waals surface area contributed by atoms with Crippen molar-refractivity contribution < 1.29 is 33.4 Å². The third-order valence-electron chi connectivity index (χ3n) is 5.40. The molecule has 0 aromatic heterocycles. The number of esters is 2. The minimum Gasteiger partial charge on any atom is -0.460 e. The lowest BCUT2D eigenvalue weighted by molar-refractivity contribution is -0.156. The highest BCUT2D eigenvalue weighted by Crippen LogP contribution is 2.25. The highest BCUT2D eigenvalue weighted by Gasteiger charge is 2.32. The normalized spacial score (nSPS) is 12.8. The number of rotatable bonds is 14. The van der Waals surface area contributed by atoms with Crippen molar-refractivity contribution in [3.8, 4) is 0 Å². The Kier molecular flexibility index (Phi) is 13.3. The maximum Gasteiger partial charge on any atom is 0.341 e. The quantitative estimate of drug-likeness (QED) is 0.202. The number of ether oxygens (including phenoxy) is 2. The van der Waals surface area contributed by atoms with Crippen molar-refractivity contribution in [1.29, 1.82) is 0 Å². The number of hydrogen-bond donors (Lipinski definition) is 1. The highest BCUT2D eigenvalue weighted by molar-refractivity contribution is 8.00. The summed E-state index contributed by atoms with van der Waals surface area (Å²) in [5.41, 5.74) is -0.484. The second-order valence-electron chi connectivity index (χ2n) is 10.7. The molecule has 1 N–H and O–H groups in total. The Labute approximate surface area is 254 Å². The summed E-state index contributed by atoms with van der Waals surface area (Å²) < 4.78 is 10.5. The van der Waals surface area contributed by atoms with Crippen LogP contribution in [0, 0.1) is 5.92 Å². The van der Waals surface area contributed by atoms with Crippen molar-refractivity contribution in [3.63, 3.8) is 0 Å². The molecule has 8 nitrogen and oxygen atoms in total. The number of carbonyl (C=O) groups is 5. The first kappa shape index (κ1) is 34.3. The van der Waals surface area contributed by atoms with E-state index in [9.17, 15) is 24.0 Å². The van der Waals surface area contributed by atoms with Crippen molar-refractivity contribution in [2.75, 3.05) is 12.4 Å². The van der Waals surface area contributed by atoms with E-state index in [1.807, 2.05) is 13.8 Å². The number of carbonyl (C=O) groups excluding carboxylic acids is 5. The lowest BCUT2D eigenvalue weighted by Crippen LogP contribution is -2.48. The van der Waals surface area contributed by atoms with E-state index in [0.717, 1.165) is 0 Å². The Bertz CT molecular complexity index is 1220. The fourth-order valence-corrected chi connectivity index (χ4v) is 5.17. The van der Waals surface area contributed by atoms with Gasteiger partial charge in [0.15, 0.2) is 18.2 Å². The van der Waals surface area contributed by atoms with Gasteiger partial charge in [0, 0.05) is 12.0 Å². The average molecular weight is 625 g/mol. The smallest absolute Gasteiger partial charge is 0.341 e. The molecule has 222 valence electrons. The van der Waals surface area contributed by atoms with Gasteiger partial charge in [-0.1, -0.05) is 73.4 Å². The van der Waals surface area contributed by atoms with E-state index in [2.05, 4.69) is 5.32 Å². The lowest BCUT2D eigenvalue weighted by atomic mass is 10.0. The van der Waals surface area contributed by atoms with E-state index in [0.29, 0.717) is 11.3 Å². The van der Waals surface area contributed by atoms with E-state index in [4.69, 9.17) is 32.7 Å². The molecule has 2 rings (SSSR count). The zero-order valence-corrected chi connectivity index (χ0v) is 26.0. The summed E-state index contributed by atoms with van der Waals surface area (Å²) in [5, 5.41) is 1.85. The Balaban J connectivity index is 2.23. The van der Waals surface area contributed by atoms with Gasteiger partial charge < -0.3 is 14.8 Å². The minimum atomic E-state index is -1.37. The van der Waals surface area contributed by atoms with Gasteiger partial charge in [0.2, 0.25) is 5.91 Å². The monoisotopic (exact) mass is 623 g/mol. The minimum absolute atomic E-state index is 0.0432. The first-order valence-electron chi connectivity index (χ1n) is 13.0. The summed E-state index contributed by atoms with van der Waals surface area (Å²) in [5.74, 6) is -2.43. The summed E-state index contributed by atoms with van der Waals surface area (Å²) in [6.45, 7) is 8.21. The molecule has 0 aliphatic rings. The van der Waals surface area contributed by atoms with Crippen molar-refractivity contribution in [2.45, 2.75) is 64.4 Å². The Morgan fingerprint density at radius 1 is 0.902 bits per heavy atom. The second kappa shape index (κ2) is 15.9. The first-order valence-corrected chi connectivity index (χ1v) is 14.8. The van der Waals surface area contributed by atoms with Crippen molar-refractivity contribution >= 4 is 64.4 Å². The number of thioether (sulfide) groups is 1. The van der Waals surface area contributed by atoms with E-state index in [-0.39, 0.29) is 33.7 Å². The van der Waals surface area contributed by atoms with Crippen LogP contribution in [0.1, 0.15) is 68.2 Å². The van der Waals surface area contributed by atoms with Gasteiger partial charge in [-0.05, 0) is 44.6 Å². The van der Waals surface area contributed by atoms with Crippen LogP contribution >= 0.6 is 35.0 Å². The van der Waals surface area contributed by atoms with Gasteiger partial charge in [-0.15, -0.1) is 11.8 Å². The molecule has 0 radical (unpaired) electrons. The number of amides is 1. The van der Waals surface area contributed by atoms with E-state index >= 15 is 0 Å². The Hall–Kier alpha value is -2.88. The van der Waals surface area contributed by atoms with Crippen LogP contribution in [0.3, 0.4) is 0 Å². The van der Waals surface area contributed by atoms with Crippen LogP contribution in [-0.4, -0.2) is 58.7 Å². The summed E-state index contributed by atoms with van der Waals surface area (Å²) in [7, 11) is 0. The molecular weight excluding hydrogens is 589 g/mol. The van der Waals surface area contributed by atoms with Gasteiger partial charge in [-0.25, -0.2) is 4.79 Å². The molecule has 0 aliphatic carbocycles. The summed E-state index contributed by atoms with van der Waals surface area (Å²) >= 11 is 13.4. The Morgan fingerprint density at radius 3 is 2.07 bits per heavy atom. The van der Waals surface area contributed by atoms with E-state index in [1.54, 1.807) is 57.2 Å². The van der Waals surface area contributed by atoms with Gasteiger partial charge >= 0.3 is 11.9 Å². The zero-order valence-electron chi connectivity index (χ0n) is 23.7. The molecule has 0 saturated heterocycles. The molecule has 0 heterocycles. The molecule has 2 atom stereocenters. The van der Waals surface area contributed by atoms with Crippen molar-refractivity contribution in [1.82, 2.24) is 5.32 Å². The standard InChI is InChI=1S/C30H35Cl2NO7S/c1-18(2)17-41-25(15-23(34)19-10-7-6-8-11-19)28(37)33-22(14-26(36)40-30(3,4)5)24(35)16-39-29(38)27-20(31)12-9-13-21(27)32/h6-13,18,22,25H,14-17H2,1-5H3,(H,33,37)/t22-,25?/m0/s1. The predicted molar refractivity (Wildman–Crippen MR) is 161 cm³/mol. The first-order chi connectivity index (χ1) is 19.2. The Morgan fingerprint density at radius 2 is 1.51 bits per heavy atom. The van der Waals surface area contributed by atoms with Crippen LogP contribution in [0.25, 0.3) is 0 Å². The van der Waals surface area contributed by atoms with Gasteiger partial charge in [0.1, 0.15) is 11.6 Å². The van der Waals surface area contributed by atoms with E-state index < -0.39 is 53.5 Å². The third-order valence-corrected chi connectivity index (χ3v) is 7.67. The number of hydrogen-bond acceptors (Lipinski definition) is 8. The number of benzene rings is 2. The lowest BCUT2D eigenvalue weighted by Gasteiger charge is -2.24. The van der Waals surface area contributed by atoms with Crippen LogP contribution < -0.4 is 5.32 Å². The number of Topliss-reactive ketones (excluding diaryl/α,β-unsaturated/α-hetero) is 2. The summed E-state index contributed by atoms with van der Waals surface area (Å²) in [4.78, 5) is 64.7. The SMILES string of the molecule is CC(C)CSC(CC(=O)c1ccccc1)C(=O)N[C@@H](CC(=O)OC(C)(C)C)C(=O)COC(=O)c1c(Cl)cccc1Cl. The molecule has 0 saturated carbocycles. The third kappa shape index (κ3) is 11.9.